The number of rotatable bonds is 23. The van der Waals surface area contributed by atoms with Crippen LogP contribution in [0, 0.1) is 0 Å². The molecule has 286 valence electrons. The summed E-state index contributed by atoms with van der Waals surface area (Å²) < 4.78 is 44.7. The van der Waals surface area contributed by atoms with Gasteiger partial charge in [-0.1, -0.05) is 130 Å². The molecule has 0 unspecified atom stereocenters. The van der Waals surface area contributed by atoms with Gasteiger partial charge in [-0.05, 0) is 23.1 Å². The number of hydrogen-bond acceptors (Lipinski definition) is 11. The third-order valence-corrected chi connectivity index (χ3v) is 9.45. The minimum atomic E-state index is -1.52. The molecule has 0 saturated carbocycles. The predicted molar refractivity (Wildman–Crippen MR) is 193 cm³/mol. The summed E-state index contributed by atoms with van der Waals surface area (Å²) in [6.07, 6.45) is -4.37. The first kappa shape index (κ1) is 40.4. The number of unbranched alkanes of at least 4 members (excludes halogenated alkanes) is 5. The van der Waals surface area contributed by atoms with Crippen molar-refractivity contribution >= 4 is 0 Å². The van der Waals surface area contributed by atoms with Gasteiger partial charge >= 0.3 is 0 Å². The van der Waals surface area contributed by atoms with Crippen LogP contribution >= 0.6 is 0 Å². The molecule has 2 fully saturated rings. The molecule has 0 bridgehead atoms. The molecule has 11 heteroatoms. The molecule has 0 amide bonds. The lowest BCUT2D eigenvalue weighted by molar-refractivity contribution is -0.248. The molecule has 0 spiro atoms. The van der Waals surface area contributed by atoms with Crippen LogP contribution < -0.4 is 0 Å². The fourth-order valence-corrected chi connectivity index (χ4v) is 6.52. The SMILES string of the molecule is CCCCCCCCO[C@@H]1O[C@@H]([C@@H](COCc2ccccc2)O[C@@H]2O[C@@H]([C@H](O)CO)[C@H](O)[C@H]2O)[C@H](OCc2ccccc2)[C@H]1OCc1ccccc1. The predicted octanol–water partition coefficient (Wildman–Crippen LogP) is 4.66. The molecule has 52 heavy (non-hydrogen) atoms. The van der Waals surface area contributed by atoms with Gasteiger partial charge in [0.2, 0.25) is 0 Å². The Kier molecular flexibility index (Phi) is 16.9. The van der Waals surface area contributed by atoms with Crippen LogP contribution in [-0.2, 0) is 53.0 Å². The molecule has 3 aromatic carbocycles. The lowest BCUT2D eigenvalue weighted by atomic mass is 10.0. The van der Waals surface area contributed by atoms with E-state index in [0.29, 0.717) is 6.61 Å². The van der Waals surface area contributed by atoms with Crippen LogP contribution in [0.25, 0.3) is 0 Å². The Hall–Kier alpha value is -2.78. The van der Waals surface area contributed by atoms with Gasteiger partial charge in [-0.25, -0.2) is 0 Å². The maximum absolute atomic E-state index is 11.0. The Morgan fingerprint density at radius 3 is 1.75 bits per heavy atom. The van der Waals surface area contributed by atoms with Gasteiger partial charge in [-0.2, -0.15) is 0 Å². The highest BCUT2D eigenvalue weighted by Crippen LogP contribution is 2.35. The van der Waals surface area contributed by atoms with Gasteiger partial charge in [-0.15, -0.1) is 0 Å². The van der Waals surface area contributed by atoms with Crippen molar-refractivity contribution < 1.29 is 53.6 Å². The molecule has 3 aromatic rings. The number of aliphatic hydroxyl groups is 4. The second-order valence-corrected chi connectivity index (χ2v) is 13.5. The molecule has 2 saturated heterocycles. The van der Waals surface area contributed by atoms with E-state index in [1.165, 1.54) is 19.3 Å². The molecule has 0 radical (unpaired) electrons. The van der Waals surface area contributed by atoms with Gasteiger partial charge < -0.3 is 53.6 Å². The zero-order chi connectivity index (χ0) is 36.5. The van der Waals surface area contributed by atoms with E-state index in [0.717, 1.165) is 36.0 Å². The second-order valence-electron chi connectivity index (χ2n) is 13.5. The summed E-state index contributed by atoms with van der Waals surface area (Å²) in [6.45, 7) is 2.82. The standard InChI is InChI=1S/C41H56O11/c1-2-3-4-5-6-16-23-47-41-39(49-27-31-21-14-9-15-22-31)38(48-26-30-19-12-8-13-20-30)37(52-41)33(28-46-25-29-17-10-7-11-18-29)50-40-35(45)34(44)36(51-40)32(43)24-42/h7-15,17-22,32-45H,2-6,16,23-28H2,1H3/t32-,33-,34-,35-,36+,37+,38+,39-,40-,41-/m1/s1. The van der Waals surface area contributed by atoms with E-state index >= 15 is 0 Å². The first-order valence-corrected chi connectivity index (χ1v) is 18.6. The summed E-state index contributed by atoms with van der Waals surface area (Å²) in [4.78, 5) is 0. The van der Waals surface area contributed by atoms with Crippen LogP contribution in [0.3, 0.4) is 0 Å². The molecule has 0 aliphatic carbocycles. The van der Waals surface area contributed by atoms with E-state index in [2.05, 4.69) is 6.92 Å². The van der Waals surface area contributed by atoms with Gasteiger partial charge in [0.15, 0.2) is 12.6 Å². The first-order valence-electron chi connectivity index (χ1n) is 18.6. The number of hydrogen-bond donors (Lipinski definition) is 4. The van der Waals surface area contributed by atoms with E-state index < -0.39 is 68.0 Å². The van der Waals surface area contributed by atoms with Crippen LogP contribution in [0.1, 0.15) is 62.1 Å². The number of benzene rings is 3. The van der Waals surface area contributed by atoms with Crippen molar-refractivity contribution in [3.8, 4) is 0 Å². The zero-order valence-electron chi connectivity index (χ0n) is 30.1. The van der Waals surface area contributed by atoms with E-state index in [1.54, 1.807) is 0 Å². The summed E-state index contributed by atoms with van der Waals surface area (Å²) in [6, 6.07) is 29.3. The number of ether oxygens (including phenoxy) is 7. The molecule has 2 aliphatic rings. The normalized spacial score (nSPS) is 27.2. The van der Waals surface area contributed by atoms with E-state index in [4.69, 9.17) is 33.2 Å². The molecule has 2 aliphatic heterocycles. The fourth-order valence-electron chi connectivity index (χ4n) is 6.52. The van der Waals surface area contributed by atoms with Crippen LogP contribution in [0.2, 0.25) is 0 Å². The summed E-state index contributed by atoms with van der Waals surface area (Å²) in [5.74, 6) is 0. The first-order chi connectivity index (χ1) is 25.5. The minimum Gasteiger partial charge on any atom is -0.394 e. The van der Waals surface area contributed by atoms with Gasteiger partial charge in [0.25, 0.3) is 0 Å². The van der Waals surface area contributed by atoms with Crippen molar-refractivity contribution in [3.05, 3.63) is 108 Å². The Labute approximate surface area is 307 Å². The topological polar surface area (TPSA) is 146 Å². The third kappa shape index (κ3) is 11.9. The number of aliphatic hydroxyl groups excluding tert-OH is 4. The average Bonchev–Trinajstić information content (AvgIpc) is 3.67. The van der Waals surface area contributed by atoms with Crippen LogP contribution in [0.4, 0.5) is 0 Å². The maximum Gasteiger partial charge on any atom is 0.187 e. The van der Waals surface area contributed by atoms with Gasteiger partial charge in [0, 0.05) is 6.61 Å². The second kappa shape index (κ2) is 21.8. The van der Waals surface area contributed by atoms with E-state index in [9.17, 15) is 20.4 Å². The van der Waals surface area contributed by atoms with Crippen molar-refractivity contribution in [2.45, 2.75) is 127 Å². The highest BCUT2D eigenvalue weighted by atomic mass is 16.8. The molecule has 11 nitrogen and oxygen atoms in total. The maximum atomic E-state index is 11.0. The Morgan fingerprint density at radius 1 is 0.615 bits per heavy atom. The van der Waals surface area contributed by atoms with Crippen LogP contribution in [-0.4, -0.2) is 102 Å². The lowest BCUT2D eigenvalue weighted by Gasteiger charge is -2.31. The quantitative estimate of drug-likeness (QED) is 0.101. The summed E-state index contributed by atoms with van der Waals surface area (Å²) in [5, 5.41) is 41.5. The third-order valence-electron chi connectivity index (χ3n) is 9.45. The summed E-state index contributed by atoms with van der Waals surface area (Å²) in [5.41, 5.74) is 2.88. The molecule has 4 N–H and O–H groups in total. The Morgan fingerprint density at radius 2 is 1.15 bits per heavy atom. The van der Waals surface area contributed by atoms with Gasteiger partial charge in [-0.3, -0.25) is 0 Å². The Balaban J connectivity index is 1.40. The van der Waals surface area contributed by atoms with Crippen molar-refractivity contribution in [2.24, 2.45) is 0 Å². The van der Waals surface area contributed by atoms with E-state index in [-0.39, 0.29) is 26.4 Å². The van der Waals surface area contributed by atoms with E-state index in [1.807, 2.05) is 91.0 Å². The molecule has 5 rings (SSSR count). The average molecular weight is 725 g/mol. The van der Waals surface area contributed by atoms with Crippen molar-refractivity contribution in [2.75, 3.05) is 19.8 Å². The van der Waals surface area contributed by atoms with Crippen LogP contribution in [0.5, 0.6) is 0 Å². The Bertz CT molecular complexity index is 1370. The lowest BCUT2D eigenvalue weighted by Crippen LogP contribution is -2.47. The molecule has 0 aromatic heterocycles. The molecular weight excluding hydrogens is 668 g/mol. The summed E-state index contributed by atoms with van der Waals surface area (Å²) in [7, 11) is 0. The van der Waals surface area contributed by atoms with Crippen LogP contribution in [0.15, 0.2) is 91.0 Å². The highest BCUT2D eigenvalue weighted by Gasteiger charge is 2.53. The highest BCUT2D eigenvalue weighted by molar-refractivity contribution is 5.15. The zero-order valence-corrected chi connectivity index (χ0v) is 30.1. The largest absolute Gasteiger partial charge is 0.394 e. The van der Waals surface area contributed by atoms with Crippen molar-refractivity contribution in [1.29, 1.82) is 0 Å². The van der Waals surface area contributed by atoms with Crippen molar-refractivity contribution in [1.82, 2.24) is 0 Å². The molecule has 10 atom stereocenters. The molecule has 2 heterocycles. The summed E-state index contributed by atoms with van der Waals surface area (Å²) >= 11 is 0. The molecular formula is C41H56O11. The van der Waals surface area contributed by atoms with Gasteiger partial charge in [0.05, 0.1) is 33.0 Å². The van der Waals surface area contributed by atoms with Gasteiger partial charge in [0.1, 0.15) is 48.8 Å². The van der Waals surface area contributed by atoms with Crippen molar-refractivity contribution in [3.63, 3.8) is 0 Å². The smallest absolute Gasteiger partial charge is 0.187 e. The fraction of sp³-hybridized carbons (Fsp3) is 0.561. The monoisotopic (exact) mass is 724 g/mol. The minimum absolute atomic E-state index is 0.00376.